The molecule has 0 radical (unpaired) electrons. The van der Waals surface area contributed by atoms with Gasteiger partial charge < -0.3 is 10.2 Å². The maximum atomic E-state index is 5.55. The number of para-hydroxylation sites is 1. The number of rotatable bonds is 5. The molecule has 2 rings (SSSR count). The van der Waals surface area contributed by atoms with Crippen LogP contribution < -0.4 is 16.0 Å². The van der Waals surface area contributed by atoms with E-state index in [-0.39, 0.29) is 0 Å². The molecule has 0 saturated carbocycles. The van der Waals surface area contributed by atoms with Crippen LogP contribution >= 0.6 is 0 Å². The van der Waals surface area contributed by atoms with Crippen molar-refractivity contribution >= 4 is 5.82 Å². The summed E-state index contributed by atoms with van der Waals surface area (Å²) >= 11 is 0. The number of aromatic nitrogens is 2. The molecule has 0 unspecified atom stereocenters. The van der Waals surface area contributed by atoms with Gasteiger partial charge in [-0.1, -0.05) is 25.1 Å². The van der Waals surface area contributed by atoms with E-state index in [0.717, 1.165) is 34.8 Å². The zero-order chi connectivity index (χ0) is 14.5. The summed E-state index contributed by atoms with van der Waals surface area (Å²) in [5.41, 5.74) is 5.73. The lowest BCUT2D eigenvalue weighted by Gasteiger charge is -2.12. The Balaban J connectivity index is 2.37. The first-order chi connectivity index (χ1) is 9.69. The van der Waals surface area contributed by atoms with Crippen molar-refractivity contribution in [3.05, 3.63) is 46.9 Å². The minimum absolute atomic E-state index is 0.615. The van der Waals surface area contributed by atoms with Crippen LogP contribution in [0.3, 0.4) is 0 Å². The quantitative estimate of drug-likeness (QED) is 0.645. The van der Waals surface area contributed by atoms with Crippen LogP contribution in [-0.2, 0) is 12.8 Å². The summed E-state index contributed by atoms with van der Waals surface area (Å²) in [5.74, 6) is 7.82. The Hall–Kier alpha value is -2.14. The van der Waals surface area contributed by atoms with E-state index in [9.17, 15) is 0 Å². The molecule has 0 atom stereocenters. The van der Waals surface area contributed by atoms with Gasteiger partial charge in [-0.05, 0) is 19.4 Å². The number of anilines is 1. The van der Waals surface area contributed by atoms with E-state index in [0.29, 0.717) is 12.2 Å². The number of nitrogens with one attached hydrogen (secondary N) is 1. The van der Waals surface area contributed by atoms with E-state index in [4.69, 9.17) is 10.6 Å². The first-order valence-corrected chi connectivity index (χ1v) is 6.64. The second-order valence-electron chi connectivity index (χ2n) is 4.54. The Kier molecular flexibility index (Phi) is 4.53. The lowest BCUT2D eigenvalue weighted by atomic mass is 10.1. The smallest absolute Gasteiger partial charge is 0.147 e. The van der Waals surface area contributed by atoms with Crippen LogP contribution in [0.2, 0.25) is 0 Å². The number of hydrogen-bond donors (Lipinski definition) is 2. The summed E-state index contributed by atoms with van der Waals surface area (Å²) in [7, 11) is 1.66. The number of nitrogen functional groups attached to an aromatic ring is 1. The number of nitrogens with zero attached hydrogens (tertiary/aromatic N) is 2. The Morgan fingerprint density at radius 1 is 1.25 bits per heavy atom. The van der Waals surface area contributed by atoms with Crippen LogP contribution in [0.4, 0.5) is 5.82 Å². The maximum absolute atomic E-state index is 5.55. The highest BCUT2D eigenvalue weighted by atomic mass is 16.5. The van der Waals surface area contributed by atoms with E-state index < -0.39 is 0 Å². The van der Waals surface area contributed by atoms with Gasteiger partial charge in [-0.3, -0.25) is 0 Å². The maximum Gasteiger partial charge on any atom is 0.147 e. The standard InChI is InChI=1S/C15H20N4O/c1-4-12-10(2)17-14(18-15(12)19-16)9-11-7-5-6-8-13(11)20-3/h5-8H,4,9,16H2,1-3H3,(H,17,18,19). The molecule has 0 spiro atoms. The van der Waals surface area contributed by atoms with Gasteiger partial charge in [0.2, 0.25) is 0 Å². The zero-order valence-electron chi connectivity index (χ0n) is 12.1. The average molecular weight is 272 g/mol. The first-order valence-electron chi connectivity index (χ1n) is 6.64. The molecule has 1 heterocycles. The molecule has 0 aliphatic rings. The third-order valence-corrected chi connectivity index (χ3v) is 3.29. The van der Waals surface area contributed by atoms with Crippen molar-refractivity contribution in [3.63, 3.8) is 0 Å². The zero-order valence-corrected chi connectivity index (χ0v) is 12.1. The molecule has 0 aliphatic carbocycles. The van der Waals surface area contributed by atoms with Crippen LogP contribution in [0, 0.1) is 6.92 Å². The second-order valence-corrected chi connectivity index (χ2v) is 4.54. The number of nitrogens with two attached hydrogens (primary N) is 1. The van der Waals surface area contributed by atoms with Crippen LogP contribution in [0.25, 0.3) is 0 Å². The SMILES string of the molecule is CCc1c(C)nc(Cc2ccccc2OC)nc1NN. The Morgan fingerprint density at radius 2 is 2.00 bits per heavy atom. The van der Waals surface area contributed by atoms with Crippen LogP contribution in [0.1, 0.15) is 29.6 Å². The number of hydrazine groups is 1. The van der Waals surface area contributed by atoms with Crippen molar-refractivity contribution in [2.24, 2.45) is 5.84 Å². The predicted molar refractivity (Wildman–Crippen MR) is 79.8 cm³/mol. The molecule has 0 aliphatic heterocycles. The van der Waals surface area contributed by atoms with E-state index in [2.05, 4.69) is 22.3 Å². The van der Waals surface area contributed by atoms with Crippen molar-refractivity contribution < 1.29 is 4.74 Å². The fourth-order valence-corrected chi connectivity index (χ4v) is 2.30. The summed E-state index contributed by atoms with van der Waals surface area (Å²) in [5, 5.41) is 0. The topological polar surface area (TPSA) is 73.1 Å². The fourth-order valence-electron chi connectivity index (χ4n) is 2.30. The molecular formula is C15H20N4O. The number of hydrogen-bond acceptors (Lipinski definition) is 5. The van der Waals surface area contributed by atoms with E-state index in [1.807, 2.05) is 31.2 Å². The van der Waals surface area contributed by atoms with Crippen molar-refractivity contribution in [2.75, 3.05) is 12.5 Å². The monoisotopic (exact) mass is 272 g/mol. The second kappa shape index (κ2) is 6.34. The summed E-state index contributed by atoms with van der Waals surface area (Å²) in [4.78, 5) is 9.05. The Morgan fingerprint density at radius 3 is 2.65 bits per heavy atom. The molecule has 0 bridgehead atoms. The van der Waals surface area contributed by atoms with Gasteiger partial charge >= 0.3 is 0 Å². The van der Waals surface area contributed by atoms with Crippen LogP contribution in [0.5, 0.6) is 5.75 Å². The van der Waals surface area contributed by atoms with Gasteiger partial charge in [0.05, 0.1) is 7.11 Å². The molecule has 0 amide bonds. The van der Waals surface area contributed by atoms with Crippen molar-refractivity contribution in [2.45, 2.75) is 26.7 Å². The van der Waals surface area contributed by atoms with Gasteiger partial charge in [0.15, 0.2) is 0 Å². The minimum atomic E-state index is 0.615. The van der Waals surface area contributed by atoms with Crippen molar-refractivity contribution in [1.29, 1.82) is 0 Å². The lowest BCUT2D eigenvalue weighted by molar-refractivity contribution is 0.410. The van der Waals surface area contributed by atoms with Gasteiger partial charge in [0.25, 0.3) is 0 Å². The highest BCUT2D eigenvalue weighted by molar-refractivity contribution is 5.46. The van der Waals surface area contributed by atoms with Gasteiger partial charge in [0, 0.05) is 23.2 Å². The molecule has 5 nitrogen and oxygen atoms in total. The van der Waals surface area contributed by atoms with Crippen LogP contribution in [0.15, 0.2) is 24.3 Å². The molecule has 0 saturated heterocycles. The number of methoxy groups -OCH3 is 1. The molecule has 2 aromatic rings. The number of ether oxygens (including phenoxy) is 1. The van der Waals surface area contributed by atoms with Crippen LogP contribution in [-0.4, -0.2) is 17.1 Å². The van der Waals surface area contributed by atoms with Crippen molar-refractivity contribution in [3.8, 4) is 5.75 Å². The Labute approximate surface area is 119 Å². The average Bonchev–Trinajstić information content (AvgIpc) is 2.47. The molecule has 20 heavy (non-hydrogen) atoms. The van der Waals surface area contributed by atoms with Gasteiger partial charge in [0.1, 0.15) is 17.4 Å². The molecule has 3 N–H and O–H groups in total. The van der Waals surface area contributed by atoms with Gasteiger partial charge in [-0.15, -0.1) is 0 Å². The first kappa shape index (κ1) is 14.3. The molecule has 5 heteroatoms. The van der Waals surface area contributed by atoms with Crippen molar-refractivity contribution in [1.82, 2.24) is 9.97 Å². The third-order valence-electron chi connectivity index (χ3n) is 3.29. The number of aryl methyl sites for hydroxylation is 1. The number of benzene rings is 1. The summed E-state index contributed by atoms with van der Waals surface area (Å²) in [6.45, 7) is 4.04. The minimum Gasteiger partial charge on any atom is -0.496 e. The fraction of sp³-hybridized carbons (Fsp3) is 0.333. The third kappa shape index (κ3) is 2.88. The molecule has 106 valence electrons. The molecule has 1 aromatic carbocycles. The highest BCUT2D eigenvalue weighted by Crippen LogP contribution is 2.22. The Bertz CT molecular complexity index is 598. The van der Waals surface area contributed by atoms with E-state index >= 15 is 0 Å². The van der Waals surface area contributed by atoms with E-state index in [1.54, 1.807) is 7.11 Å². The molecule has 1 aromatic heterocycles. The van der Waals surface area contributed by atoms with E-state index in [1.165, 1.54) is 0 Å². The summed E-state index contributed by atoms with van der Waals surface area (Å²) in [6, 6.07) is 7.88. The summed E-state index contributed by atoms with van der Waals surface area (Å²) < 4.78 is 5.35. The normalized spacial score (nSPS) is 10.4. The summed E-state index contributed by atoms with van der Waals surface area (Å²) in [6.07, 6.45) is 1.46. The molecule has 0 fully saturated rings. The highest BCUT2D eigenvalue weighted by Gasteiger charge is 2.11. The van der Waals surface area contributed by atoms with Gasteiger partial charge in [-0.2, -0.15) is 0 Å². The largest absolute Gasteiger partial charge is 0.496 e. The van der Waals surface area contributed by atoms with Gasteiger partial charge in [-0.25, -0.2) is 15.8 Å². The molecular weight excluding hydrogens is 252 g/mol. The predicted octanol–water partition coefficient (Wildman–Crippen LogP) is 2.23. The lowest BCUT2D eigenvalue weighted by Crippen LogP contribution is -2.15.